The number of amides is 2. The summed E-state index contributed by atoms with van der Waals surface area (Å²) in [6.45, 7) is 0. The second-order valence-electron chi connectivity index (χ2n) is 5.02. The fourth-order valence-electron chi connectivity index (χ4n) is 2.64. The maximum absolute atomic E-state index is 12.1. The Kier molecular flexibility index (Phi) is 3.65. The number of nitrogens with zero attached hydrogens (tertiary/aromatic N) is 3. The molecule has 2 N–H and O–H groups in total. The number of benzene rings is 1. The van der Waals surface area contributed by atoms with Crippen LogP contribution in [0, 0.1) is 11.3 Å². The van der Waals surface area contributed by atoms with Crippen molar-refractivity contribution in [3.63, 3.8) is 0 Å². The maximum atomic E-state index is 12.1. The van der Waals surface area contributed by atoms with Gasteiger partial charge in [0.1, 0.15) is 11.8 Å². The molecule has 1 aromatic carbocycles. The van der Waals surface area contributed by atoms with Crippen molar-refractivity contribution < 1.29 is 14.7 Å². The molecule has 2 heterocycles. The second kappa shape index (κ2) is 5.77. The molecule has 0 radical (unpaired) electrons. The van der Waals surface area contributed by atoms with E-state index in [0.717, 1.165) is 4.90 Å². The van der Waals surface area contributed by atoms with Crippen molar-refractivity contribution >= 4 is 23.4 Å². The lowest BCUT2D eigenvalue weighted by Gasteiger charge is -2.27. The van der Waals surface area contributed by atoms with Gasteiger partial charge in [0, 0.05) is 6.20 Å². The normalized spacial score (nSPS) is 16.7. The molecule has 7 heteroatoms. The van der Waals surface area contributed by atoms with Gasteiger partial charge in [-0.2, -0.15) is 5.26 Å². The van der Waals surface area contributed by atoms with Gasteiger partial charge in [0.2, 0.25) is 5.91 Å². The van der Waals surface area contributed by atoms with E-state index >= 15 is 0 Å². The molecule has 0 saturated heterocycles. The number of anilines is 2. The summed E-state index contributed by atoms with van der Waals surface area (Å²) >= 11 is 0. The highest BCUT2D eigenvalue weighted by Crippen LogP contribution is 2.37. The number of carbonyl (C=O) groups excluding carboxylic acids is 1. The van der Waals surface area contributed by atoms with Crippen molar-refractivity contribution in [3.05, 3.63) is 53.9 Å². The number of aromatic nitrogens is 1. The minimum atomic E-state index is -1.17. The predicted molar refractivity (Wildman–Crippen MR) is 81.9 cm³/mol. The first kappa shape index (κ1) is 14.5. The van der Waals surface area contributed by atoms with Crippen molar-refractivity contribution in [2.45, 2.75) is 12.5 Å². The molecule has 0 aliphatic carbocycles. The average Bonchev–Trinajstić information content (AvgIpc) is 2.70. The van der Waals surface area contributed by atoms with E-state index in [-0.39, 0.29) is 18.0 Å². The lowest BCUT2D eigenvalue weighted by Crippen LogP contribution is -2.34. The van der Waals surface area contributed by atoms with Gasteiger partial charge in [-0.25, -0.2) is 9.78 Å². The summed E-state index contributed by atoms with van der Waals surface area (Å²) in [4.78, 5) is 29.0. The SMILES string of the molecule is N#Cc1cc(C2CC(=O)Nc3ccccc3N2C(=O)O)ccn1. The molecule has 1 aliphatic heterocycles. The third kappa shape index (κ3) is 2.70. The number of hydrogen-bond acceptors (Lipinski definition) is 4. The first-order valence-electron chi connectivity index (χ1n) is 6.87. The van der Waals surface area contributed by atoms with Crippen LogP contribution in [0.3, 0.4) is 0 Å². The minimum absolute atomic E-state index is 0.0458. The van der Waals surface area contributed by atoms with Gasteiger partial charge in [0.15, 0.2) is 0 Å². The van der Waals surface area contributed by atoms with Gasteiger partial charge in [-0.1, -0.05) is 12.1 Å². The summed E-state index contributed by atoms with van der Waals surface area (Å²) in [5, 5.41) is 21.4. The lowest BCUT2D eigenvalue weighted by molar-refractivity contribution is -0.116. The van der Waals surface area contributed by atoms with E-state index in [9.17, 15) is 14.7 Å². The topological polar surface area (TPSA) is 106 Å². The molecule has 114 valence electrons. The summed E-state index contributed by atoms with van der Waals surface area (Å²) in [7, 11) is 0. The minimum Gasteiger partial charge on any atom is -0.465 e. The van der Waals surface area contributed by atoms with E-state index in [1.165, 1.54) is 12.3 Å². The van der Waals surface area contributed by atoms with Crippen molar-refractivity contribution in [2.24, 2.45) is 0 Å². The number of pyridine rings is 1. The van der Waals surface area contributed by atoms with E-state index in [2.05, 4.69) is 10.3 Å². The largest absolute Gasteiger partial charge is 0.465 e. The first-order chi connectivity index (χ1) is 11.1. The van der Waals surface area contributed by atoms with Crippen LogP contribution in [0.5, 0.6) is 0 Å². The van der Waals surface area contributed by atoms with Crippen molar-refractivity contribution in [1.82, 2.24) is 4.98 Å². The van der Waals surface area contributed by atoms with Crippen LogP contribution in [0.15, 0.2) is 42.6 Å². The Morgan fingerprint density at radius 2 is 2.17 bits per heavy atom. The van der Waals surface area contributed by atoms with Gasteiger partial charge >= 0.3 is 6.09 Å². The van der Waals surface area contributed by atoms with E-state index in [4.69, 9.17) is 5.26 Å². The van der Waals surface area contributed by atoms with E-state index in [1.54, 1.807) is 30.3 Å². The third-order valence-corrected chi connectivity index (χ3v) is 3.62. The predicted octanol–water partition coefficient (Wildman–Crippen LogP) is 2.52. The highest BCUT2D eigenvalue weighted by atomic mass is 16.4. The van der Waals surface area contributed by atoms with Crippen molar-refractivity contribution in [2.75, 3.05) is 10.2 Å². The first-order valence-corrected chi connectivity index (χ1v) is 6.87. The van der Waals surface area contributed by atoms with Gasteiger partial charge in [-0.15, -0.1) is 0 Å². The zero-order chi connectivity index (χ0) is 16.4. The van der Waals surface area contributed by atoms with Crippen LogP contribution in [0.4, 0.5) is 16.2 Å². The Labute approximate surface area is 131 Å². The average molecular weight is 308 g/mol. The Hall–Kier alpha value is -3.40. The summed E-state index contributed by atoms with van der Waals surface area (Å²) in [5.74, 6) is -0.290. The third-order valence-electron chi connectivity index (χ3n) is 3.62. The Bertz CT molecular complexity index is 828. The molecule has 0 bridgehead atoms. The number of nitrogens with one attached hydrogen (secondary N) is 1. The number of rotatable bonds is 1. The molecule has 1 aliphatic rings. The standard InChI is InChI=1S/C16H12N4O3/c17-9-11-7-10(5-6-18-11)14-8-15(21)19-12-3-1-2-4-13(12)20(14)16(22)23/h1-7,14H,8H2,(H,19,21)(H,22,23). The molecule has 3 rings (SSSR count). The number of nitriles is 1. The number of fused-ring (bicyclic) bond motifs is 1. The van der Waals surface area contributed by atoms with E-state index in [1.807, 2.05) is 6.07 Å². The zero-order valence-electron chi connectivity index (χ0n) is 11.9. The second-order valence-corrected chi connectivity index (χ2v) is 5.02. The van der Waals surface area contributed by atoms with Gasteiger partial charge in [-0.05, 0) is 29.8 Å². The number of para-hydroxylation sites is 2. The molecular weight excluding hydrogens is 296 g/mol. The quantitative estimate of drug-likeness (QED) is 0.842. The zero-order valence-corrected chi connectivity index (χ0v) is 11.9. The number of carboxylic acid groups (broad SMARTS) is 1. The molecule has 2 aromatic rings. The van der Waals surface area contributed by atoms with Gasteiger partial charge in [-0.3, -0.25) is 9.69 Å². The molecule has 2 amide bonds. The van der Waals surface area contributed by atoms with Crippen LogP contribution >= 0.6 is 0 Å². The van der Waals surface area contributed by atoms with Crippen LogP contribution in [-0.4, -0.2) is 22.1 Å². The smallest absolute Gasteiger partial charge is 0.412 e. The van der Waals surface area contributed by atoms with Crippen LogP contribution in [-0.2, 0) is 4.79 Å². The summed E-state index contributed by atoms with van der Waals surface area (Å²) in [6, 6.07) is 11.0. The molecular formula is C16H12N4O3. The Morgan fingerprint density at radius 1 is 1.39 bits per heavy atom. The summed E-state index contributed by atoms with van der Waals surface area (Å²) < 4.78 is 0. The van der Waals surface area contributed by atoms with Crippen molar-refractivity contribution in [1.29, 1.82) is 5.26 Å². The highest BCUT2D eigenvalue weighted by Gasteiger charge is 2.33. The van der Waals surface area contributed by atoms with Gasteiger partial charge in [0.25, 0.3) is 0 Å². The molecule has 1 aromatic heterocycles. The molecule has 1 unspecified atom stereocenters. The van der Waals surface area contributed by atoms with Crippen LogP contribution in [0.25, 0.3) is 0 Å². The number of carbonyl (C=O) groups is 2. The van der Waals surface area contributed by atoms with Crippen molar-refractivity contribution in [3.8, 4) is 6.07 Å². The molecule has 0 saturated carbocycles. The summed E-state index contributed by atoms with van der Waals surface area (Å²) in [5.41, 5.74) is 1.56. The van der Waals surface area contributed by atoms with Crippen LogP contribution < -0.4 is 10.2 Å². The molecule has 0 spiro atoms. The fraction of sp³-hybridized carbons (Fsp3) is 0.125. The molecule has 0 fully saturated rings. The lowest BCUT2D eigenvalue weighted by atomic mass is 10.0. The van der Waals surface area contributed by atoms with Gasteiger partial charge < -0.3 is 10.4 Å². The number of hydrogen-bond donors (Lipinski definition) is 2. The van der Waals surface area contributed by atoms with Crippen LogP contribution in [0.2, 0.25) is 0 Å². The fourth-order valence-corrected chi connectivity index (χ4v) is 2.64. The monoisotopic (exact) mass is 308 g/mol. The Morgan fingerprint density at radius 3 is 2.91 bits per heavy atom. The maximum Gasteiger partial charge on any atom is 0.412 e. The van der Waals surface area contributed by atoms with E-state index in [0.29, 0.717) is 16.9 Å². The van der Waals surface area contributed by atoms with Gasteiger partial charge in [0.05, 0.1) is 23.8 Å². The molecule has 1 atom stereocenters. The van der Waals surface area contributed by atoms with E-state index < -0.39 is 12.1 Å². The Balaban J connectivity index is 2.16. The molecule has 7 nitrogen and oxygen atoms in total. The van der Waals surface area contributed by atoms with Crippen LogP contribution in [0.1, 0.15) is 23.7 Å². The summed E-state index contributed by atoms with van der Waals surface area (Å²) in [6.07, 6.45) is 0.215. The highest BCUT2D eigenvalue weighted by molar-refractivity contribution is 6.02. The molecule has 23 heavy (non-hydrogen) atoms.